The maximum atomic E-state index is 6.27. The Morgan fingerprint density at radius 3 is 2.19 bits per heavy atom. The minimum absolute atomic E-state index is 0.310. The van der Waals surface area contributed by atoms with Gasteiger partial charge in [0.15, 0.2) is 0 Å². The van der Waals surface area contributed by atoms with Gasteiger partial charge in [-0.2, -0.15) is 0 Å². The molecule has 3 heteroatoms. The predicted molar refractivity (Wildman–Crippen MR) is 92.6 cm³/mol. The van der Waals surface area contributed by atoms with Crippen molar-refractivity contribution in [3.63, 3.8) is 0 Å². The van der Waals surface area contributed by atoms with Crippen LogP contribution in [0.4, 0.5) is 0 Å². The quantitative estimate of drug-likeness (QED) is 0.818. The minimum atomic E-state index is 0.310. The Morgan fingerprint density at radius 2 is 1.62 bits per heavy atom. The lowest BCUT2D eigenvalue weighted by Crippen LogP contribution is -2.30. The molecular weight excluding hydrogens is 301 g/mol. The van der Waals surface area contributed by atoms with Gasteiger partial charge in [0.1, 0.15) is 0 Å². The SMILES string of the molecule is CNC(Cc1ccc(C)c(C)c1)Cc1c(Cl)cccc1Cl. The molecular formula is C18H21Cl2N. The minimum Gasteiger partial charge on any atom is -0.316 e. The van der Waals surface area contributed by atoms with Crippen molar-refractivity contribution in [3.8, 4) is 0 Å². The molecule has 0 bridgehead atoms. The van der Waals surface area contributed by atoms with Crippen molar-refractivity contribution in [1.82, 2.24) is 5.32 Å². The molecule has 1 unspecified atom stereocenters. The summed E-state index contributed by atoms with van der Waals surface area (Å²) in [6, 6.07) is 12.6. The van der Waals surface area contributed by atoms with Crippen molar-refractivity contribution in [2.75, 3.05) is 7.05 Å². The van der Waals surface area contributed by atoms with Crippen molar-refractivity contribution in [2.24, 2.45) is 0 Å². The average molecular weight is 322 g/mol. The van der Waals surface area contributed by atoms with E-state index in [4.69, 9.17) is 23.2 Å². The molecule has 0 fully saturated rings. The highest BCUT2D eigenvalue weighted by Crippen LogP contribution is 2.26. The molecule has 1 nitrogen and oxygen atoms in total. The molecule has 0 aliphatic carbocycles. The molecule has 0 saturated heterocycles. The maximum Gasteiger partial charge on any atom is 0.0453 e. The van der Waals surface area contributed by atoms with Crippen molar-refractivity contribution >= 4 is 23.2 Å². The van der Waals surface area contributed by atoms with Crippen molar-refractivity contribution in [2.45, 2.75) is 32.7 Å². The summed E-state index contributed by atoms with van der Waals surface area (Å²) in [5.41, 5.74) is 5.01. The first-order valence-corrected chi connectivity index (χ1v) is 7.93. The van der Waals surface area contributed by atoms with Crippen LogP contribution < -0.4 is 5.32 Å². The van der Waals surface area contributed by atoms with Gasteiger partial charge in [0.05, 0.1) is 0 Å². The molecule has 0 radical (unpaired) electrons. The Hall–Kier alpha value is -1.02. The zero-order chi connectivity index (χ0) is 15.4. The van der Waals surface area contributed by atoms with Crippen LogP contribution in [0.25, 0.3) is 0 Å². The second-order valence-corrected chi connectivity index (χ2v) is 6.33. The van der Waals surface area contributed by atoms with Crippen LogP contribution in [-0.2, 0) is 12.8 Å². The fourth-order valence-corrected chi connectivity index (χ4v) is 3.02. The number of halogens is 2. The van der Waals surface area contributed by atoms with Crippen molar-refractivity contribution in [3.05, 3.63) is 68.7 Å². The first kappa shape index (κ1) is 16.4. The Kier molecular flexibility index (Phi) is 5.69. The van der Waals surface area contributed by atoms with E-state index in [0.29, 0.717) is 6.04 Å². The van der Waals surface area contributed by atoms with Crippen LogP contribution in [-0.4, -0.2) is 13.1 Å². The number of hydrogen-bond donors (Lipinski definition) is 1. The third-order valence-electron chi connectivity index (χ3n) is 3.97. The Morgan fingerprint density at radius 1 is 0.952 bits per heavy atom. The van der Waals surface area contributed by atoms with E-state index in [-0.39, 0.29) is 0 Å². The third-order valence-corrected chi connectivity index (χ3v) is 4.68. The van der Waals surface area contributed by atoms with Crippen LogP contribution in [0.3, 0.4) is 0 Å². The number of hydrogen-bond acceptors (Lipinski definition) is 1. The highest BCUT2D eigenvalue weighted by molar-refractivity contribution is 6.36. The average Bonchev–Trinajstić information content (AvgIpc) is 2.45. The zero-order valence-corrected chi connectivity index (χ0v) is 14.2. The van der Waals surface area contributed by atoms with Crippen LogP contribution in [0.2, 0.25) is 10.0 Å². The molecule has 2 rings (SSSR count). The fraction of sp³-hybridized carbons (Fsp3) is 0.333. The number of likely N-dealkylation sites (N-methyl/N-ethyl adjacent to an activating group) is 1. The van der Waals surface area contributed by atoms with E-state index in [1.54, 1.807) is 0 Å². The topological polar surface area (TPSA) is 12.0 Å². The van der Waals surface area contributed by atoms with Gasteiger partial charge in [-0.3, -0.25) is 0 Å². The van der Waals surface area contributed by atoms with Crippen LogP contribution in [0.1, 0.15) is 22.3 Å². The molecule has 0 aliphatic rings. The highest BCUT2D eigenvalue weighted by atomic mass is 35.5. The highest BCUT2D eigenvalue weighted by Gasteiger charge is 2.13. The lowest BCUT2D eigenvalue weighted by Gasteiger charge is -2.18. The molecule has 2 aromatic carbocycles. The van der Waals surface area contributed by atoms with E-state index in [1.165, 1.54) is 16.7 Å². The second-order valence-electron chi connectivity index (χ2n) is 5.51. The number of aryl methyl sites for hydroxylation is 2. The van der Waals surface area contributed by atoms with E-state index in [0.717, 1.165) is 28.5 Å². The molecule has 1 N–H and O–H groups in total. The van der Waals surface area contributed by atoms with Gasteiger partial charge in [-0.15, -0.1) is 0 Å². The Balaban J connectivity index is 2.15. The fourth-order valence-electron chi connectivity index (χ4n) is 2.47. The van der Waals surface area contributed by atoms with Gasteiger partial charge >= 0.3 is 0 Å². The summed E-state index contributed by atoms with van der Waals surface area (Å²) in [5.74, 6) is 0. The lowest BCUT2D eigenvalue weighted by atomic mass is 9.97. The smallest absolute Gasteiger partial charge is 0.0453 e. The van der Waals surface area contributed by atoms with E-state index in [1.807, 2.05) is 25.2 Å². The predicted octanol–water partition coefficient (Wildman–Crippen LogP) is 4.98. The van der Waals surface area contributed by atoms with Crippen LogP contribution in [0.5, 0.6) is 0 Å². The molecule has 21 heavy (non-hydrogen) atoms. The van der Waals surface area contributed by atoms with Gasteiger partial charge < -0.3 is 5.32 Å². The molecule has 0 aliphatic heterocycles. The molecule has 1 atom stereocenters. The summed E-state index contributed by atoms with van der Waals surface area (Å²) in [6.07, 6.45) is 1.78. The molecule has 0 spiro atoms. The van der Waals surface area contributed by atoms with Crippen LogP contribution >= 0.6 is 23.2 Å². The Bertz CT molecular complexity index is 602. The van der Waals surface area contributed by atoms with Gasteiger partial charge in [-0.25, -0.2) is 0 Å². The van der Waals surface area contributed by atoms with Gasteiger partial charge in [0.2, 0.25) is 0 Å². The molecule has 0 aromatic heterocycles. The van der Waals surface area contributed by atoms with Gasteiger partial charge in [-0.1, -0.05) is 47.5 Å². The van der Waals surface area contributed by atoms with E-state index in [9.17, 15) is 0 Å². The third kappa shape index (κ3) is 4.23. The molecule has 0 saturated carbocycles. The largest absolute Gasteiger partial charge is 0.316 e. The van der Waals surface area contributed by atoms with Crippen LogP contribution in [0, 0.1) is 13.8 Å². The zero-order valence-electron chi connectivity index (χ0n) is 12.7. The molecule has 112 valence electrons. The number of nitrogens with one attached hydrogen (secondary N) is 1. The van der Waals surface area contributed by atoms with Crippen LogP contribution in [0.15, 0.2) is 36.4 Å². The van der Waals surface area contributed by atoms with Crippen molar-refractivity contribution < 1.29 is 0 Å². The van der Waals surface area contributed by atoms with Gasteiger partial charge in [0, 0.05) is 16.1 Å². The van der Waals surface area contributed by atoms with E-state index >= 15 is 0 Å². The lowest BCUT2D eigenvalue weighted by molar-refractivity contribution is 0.556. The van der Waals surface area contributed by atoms with E-state index in [2.05, 4.69) is 37.4 Å². The van der Waals surface area contributed by atoms with Gasteiger partial charge in [-0.05, 0) is 68.1 Å². The summed E-state index contributed by atoms with van der Waals surface area (Å²) in [7, 11) is 1.98. The second kappa shape index (κ2) is 7.31. The van der Waals surface area contributed by atoms with E-state index < -0.39 is 0 Å². The first-order chi connectivity index (χ1) is 10.0. The standard InChI is InChI=1S/C18H21Cl2N/c1-12-7-8-14(9-13(12)2)10-15(21-3)11-16-17(19)5-4-6-18(16)20/h4-9,15,21H,10-11H2,1-3H3. The number of rotatable bonds is 5. The summed E-state index contributed by atoms with van der Waals surface area (Å²) >= 11 is 12.5. The summed E-state index contributed by atoms with van der Waals surface area (Å²) in [5, 5.41) is 4.85. The molecule has 0 heterocycles. The summed E-state index contributed by atoms with van der Waals surface area (Å²) < 4.78 is 0. The summed E-state index contributed by atoms with van der Waals surface area (Å²) in [6.45, 7) is 4.29. The van der Waals surface area contributed by atoms with Crippen molar-refractivity contribution in [1.29, 1.82) is 0 Å². The molecule has 0 amide bonds. The Labute approximate surface area is 137 Å². The van der Waals surface area contributed by atoms with Gasteiger partial charge in [0.25, 0.3) is 0 Å². The first-order valence-electron chi connectivity index (χ1n) is 7.17. The molecule has 2 aromatic rings. The summed E-state index contributed by atoms with van der Waals surface area (Å²) in [4.78, 5) is 0. The number of benzene rings is 2. The normalized spacial score (nSPS) is 12.4. The monoisotopic (exact) mass is 321 g/mol. The maximum absolute atomic E-state index is 6.27.